The fraction of sp³-hybridized carbons (Fsp3) is 0.120. The Morgan fingerprint density at radius 3 is 2.66 bits per heavy atom. The quantitative estimate of drug-likeness (QED) is 0.521. The molecule has 0 unspecified atom stereocenters. The van der Waals surface area contributed by atoms with Crippen molar-refractivity contribution in [3.63, 3.8) is 0 Å². The third-order valence-electron chi connectivity index (χ3n) is 5.78. The molecule has 0 aliphatic carbocycles. The molecule has 3 aliphatic rings. The van der Waals surface area contributed by atoms with Gasteiger partial charge in [0.15, 0.2) is 0 Å². The van der Waals surface area contributed by atoms with Gasteiger partial charge in [-0.15, -0.1) is 0 Å². The summed E-state index contributed by atoms with van der Waals surface area (Å²) in [5, 5.41) is 9.33. The number of nitrogens with one attached hydrogen (secondary N) is 1. The van der Waals surface area contributed by atoms with Gasteiger partial charge in [-0.3, -0.25) is 10.1 Å². The van der Waals surface area contributed by atoms with Crippen LogP contribution in [0.4, 0.5) is 0 Å². The van der Waals surface area contributed by atoms with Crippen molar-refractivity contribution in [2.45, 2.75) is 17.6 Å². The van der Waals surface area contributed by atoms with Crippen molar-refractivity contribution in [2.24, 2.45) is 5.10 Å². The standard InChI is InChI=1S/C25H18ClN3O2S/c26-19-12-6-4-10-17(19)14-23-24(30)27-25(32-23)29-21(18-11-5-7-13-22(18)31-25)15-20(28-29)16-8-2-1-3-9-16/h1-14,21H,15H2,(H,27,30)/b23-14-/t21-,25-/m0/s1. The second-order valence-corrected chi connectivity index (χ2v) is 9.39. The average molecular weight is 460 g/mol. The van der Waals surface area contributed by atoms with Gasteiger partial charge in [0.05, 0.1) is 16.7 Å². The van der Waals surface area contributed by atoms with Gasteiger partial charge >= 0.3 is 5.18 Å². The van der Waals surface area contributed by atoms with Crippen molar-refractivity contribution in [3.05, 3.63) is 105 Å². The summed E-state index contributed by atoms with van der Waals surface area (Å²) in [6.07, 6.45) is 2.53. The number of thioether (sulfide) groups is 1. The van der Waals surface area contributed by atoms with Gasteiger partial charge in [0.2, 0.25) is 0 Å². The van der Waals surface area contributed by atoms with Crippen LogP contribution >= 0.6 is 23.4 Å². The van der Waals surface area contributed by atoms with Gasteiger partial charge < -0.3 is 4.74 Å². The number of benzene rings is 3. The first kappa shape index (κ1) is 19.5. The molecule has 1 N–H and O–H groups in total. The van der Waals surface area contributed by atoms with Crippen LogP contribution in [0.5, 0.6) is 5.75 Å². The SMILES string of the molecule is O=C1N[C@]2(Oc3ccccc3[C@@H]3CC(c4ccccc4)=NN32)S/C1=C\c1ccccc1Cl. The first-order valence-corrected chi connectivity index (χ1v) is 11.5. The zero-order valence-corrected chi connectivity index (χ0v) is 18.4. The van der Waals surface area contributed by atoms with E-state index in [9.17, 15) is 4.79 Å². The van der Waals surface area contributed by atoms with Crippen molar-refractivity contribution < 1.29 is 9.53 Å². The van der Waals surface area contributed by atoms with E-state index >= 15 is 0 Å². The van der Waals surface area contributed by atoms with E-state index in [4.69, 9.17) is 21.4 Å². The molecule has 1 fully saturated rings. The first-order chi connectivity index (χ1) is 15.6. The predicted octanol–water partition coefficient (Wildman–Crippen LogP) is 5.40. The summed E-state index contributed by atoms with van der Waals surface area (Å²) in [5.41, 5.74) is 3.88. The summed E-state index contributed by atoms with van der Waals surface area (Å²) in [4.78, 5) is 13.5. The second-order valence-electron chi connectivity index (χ2n) is 7.79. The zero-order chi connectivity index (χ0) is 21.7. The van der Waals surface area contributed by atoms with Crippen molar-refractivity contribution in [1.82, 2.24) is 10.3 Å². The first-order valence-electron chi connectivity index (χ1n) is 10.3. The van der Waals surface area contributed by atoms with Crippen molar-refractivity contribution in [3.8, 4) is 5.75 Å². The Morgan fingerprint density at radius 1 is 1.06 bits per heavy atom. The smallest absolute Gasteiger partial charge is 0.336 e. The molecule has 1 saturated heterocycles. The van der Waals surface area contributed by atoms with E-state index in [1.54, 1.807) is 6.08 Å². The summed E-state index contributed by atoms with van der Waals surface area (Å²) >= 11 is 7.64. The maximum atomic E-state index is 13.0. The van der Waals surface area contributed by atoms with Gasteiger partial charge in [0.25, 0.3) is 5.91 Å². The van der Waals surface area contributed by atoms with Gasteiger partial charge in [-0.2, -0.15) is 5.10 Å². The fourth-order valence-corrected chi connectivity index (χ4v) is 5.63. The van der Waals surface area contributed by atoms with Crippen LogP contribution in [-0.2, 0) is 4.79 Å². The minimum Gasteiger partial charge on any atom is -0.439 e. The number of nitrogens with zero attached hydrogens (tertiary/aromatic N) is 2. The van der Waals surface area contributed by atoms with Crippen LogP contribution in [0.1, 0.15) is 29.2 Å². The van der Waals surface area contributed by atoms with Gasteiger partial charge in [-0.25, -0.2) is 5.01 Å². The maximum absolute atomic E-state index is 13.0. The van der Waals surface area contributed by atoms with Crippen LogP contribution < -0.4 is 10.1 Å². The third kappa shape index (κ3) is 3.10. The number of amides is 1. The number of hydrogen-bond donors (Lipinski definition) is 1. The van der Waals surface area contributed by atoms with Crippen LogP contribution in [0.3, 0.4) is 0 Å². The number of carbonyl (C=O) groups excluding carboxylic acids is 1. The molecule has 2 atom stereocenters. The third-order valence-corrected chi connectivity index (χ3v) is 7.30. The zero-order valence-electron chi connectivity index (χ0n) is 16.9. The van der Waals surface area contributed by atoms with Crippen molar-refractivity contribution in [1.29, 1.82) is 0 Å². The molecule has 0 aromatic heterocycles. The monoisotopic (exact) mass is 459 g/mol. The molecule has 32 heavy (non-hydrogen) atoms. The number of halogens is 1. The Hall–Kier alpha value is -3.22. The number of ether oxygens (including phenoxy) is 1. The van der Waals surface area contributed by atoms with E-state index in [1.165, 1.54) is 11.8 Å². The van der Waals surface area contributed by atoms with Crippen LogP contribution in [0, 0.1) is 0 Å². The molecule has 3 aliphatic heterocycles. The molecule has 0 bridgehead atoms. The predicted molar refractivity (Wildman–Crippen MR) is 127 cm³/mol. The van der Waals surface area contributed by atoms with Crippen LogP contribution in [0.2, 0.25) is 5.02 Å². The van der Waals surface area contributed by atoms with Gasteiger partial charge in [0, 0.05) is 17.0 Å². The van der Waals surface area contributed by atoms with Gasteiger partial charge in [0.1, 0.15) is 5.75 Å². The lowest BCUT2D eigenvalue weighted by molar-refractivity contribution is -0.127. The normalized spacial score (nSPS) is 24.7. The molecule has 3 aromatic carbocycles. The second kappa shape index (κ2) is 7.43. The van der Waals surface area contributed by atoms with Gasteiger partial charge in [-0.05, 0) is 41.1 Å². The molecular formula is C25H18ClN3O2S. The Morgan fingerprint density at radius 2 is 1.81 bits per heavy atom. The van der Waals surface area contributed by atoms with Crippen LogP contribution in [-0.4, -0.2) is 21.8 Å². The fourth-order valence-electron chi connectivity index (χ4n) is 4.28. The average Bonchev–Trinajstić information content (AvgIpc) is 3.39. The molecule has 0 radical (unpaired) electrons. The lowest BCUT2D eigenvalue weighted by Gasteiger charge is -2.43. The molecule has 6 rings (SSSR count). The molecule has 158 valence electrons. The highest BCUT2D eigenvalue weighted by Crippen LogP contribution is 2.53. The molecule has 1 spiro atoms. The van der Waals surface area contributed by atoms with Crippen LogP contribution in [0.15, 0.2) is 88.9 Å². The lowest BCUT2D eigenvalue weighted by atomic mass is 9.97. The molecular weight excluding hydrogens is 442 g/mol. The largest absolute Gasteiger partial charge is 0.439 e. The van der Waals surface area contributed by atoms with E-state index < -0.39 is 5.18 Å². The summed E-state index contributed by atoms with van der Waals surface area (Å²) in [6, 6.07) is 25.5. The molecule has 0 saturated carbocycles. The molecule has 3 aromatic rings. The Balaban J connectivity index is 1.44. The number of hydrazone groups is 1. The number of hydrogen-bond acceptors (Lipinski definition) is 5. The molecule has 3 heterocycles. The van der Waals surface area contributed by atoms with E-state index in [2.05, 4.69) is 23.5 Å². The number of carbonyl (C=O) groups is 1. The summed E-state index contributed by atoms with van der Waals surface area (Å²) < 4.78 is 6.42. The Kier molecular flexibility index (Phi) is 4.52. The maximum Gasteiger partial charge on any atom is 0.336 e. The van der Waals surface area contributed by atoms with Gasteiger partial charge in [-0.1, -0.05) is 78.3 Å². The number of para-hydroxylation sites is 1. The number of rotatable bonds is 2. The van der Waals surface area contributed by atoms with E-state index in [1.807, 2.05) is 65.7 Å². The van der Waals surface area contributed by atoms with Crippen molar-refractivity contribution in [2.75, 3.05) is 0 Å². The van der Waals surface area contributed by atoms with Crippen LogP contribution in [0.25, 0.3) is 6.08 Å². The Labute approximate surface area is 194 Å². The highest BCUT2D eigenvalue weighted by atomic mass is 35.5. The Bertz CT molecular complexity index is 1290. The summed E-state index contributed by atoms with van der Waals surface area (Å²) in [6.45, 7) is 0. The molecule has 7 heteroatoms. The van der Waals surface area contributed by atoms with Crippen molar-refractivity contribution >= 4 is 41.1 Å². The van der Waals surface area contributed by atoms with E-state index in [0.29, 0.717) is 9.93 Å². The number of fused-ring (bicyclic) bond motifs is 4. The topological polar surface area (TPSA) is 53.9 Å². The lowest BCUT2D eigenvalue weighted by Crippen LogP contribution is -2.58. The van der Waals surface area contributed by atoms with E-state index in [0.717, 1.165) is 34.6 Å². The minimum absolute atomic E-state index is 0.0392. The van der Waals surface area contributed by atoms with E-state index in [-0.39, 0.29) is 11.9 Å². The highest BCUT2D eigenvalue weighted by molar-refractivity contribution is 8.05. The molecule has 5 nitrogen and oxygen atoms in total. The minimum atomic E-state index is -1.15. The highest BCUT2D eigenvalue weighted by Gasteiger charge is 2.57. The molecule has 1 amide bonds. The summed E-state index contributed by atoms with van der Waals surface area (Å²) in [7, 11) is 0. The summed E-state index contributed by atoms with van der Waals surface area (Å²) in [5.74, 6) is 0.543.